The Balaban J connectivity index is 1.70. The number of esters is 3. The highest BCUT2D eigenvalue weighted by atomic mass is 32.2. The molecule has 4 atom stereocenters. The fourth-order valence-corrected chi connectivity index (χ4v) is 4.38. The fourth-order valence-electron chi connectivity index (χ4n) is 3.03. The number of hydrogen-bond donors (Lipinski definition) is 0. The van der Waals surface area contributed by atoms with Crippen LogP contribution in [0.15, 0.2) is 48.5 Å². The van der Waals surface area contributed by atoms with Gasteiger partial charge in [0.05, 0.1) is 16.4 Å². The Labute approximate surface area is 184 Å². The summed E-state index contributed by atoms with van der Waals surface area (Å²) in [6, 6.07) is 13.5. The zero-order valence-electron chi connectivity index (χ0n) is 17.4. The van der Waals surface area contributed by atoms with E-state index in [1.165, 1.54) is 6.92 Å². The van der Waals surface area contributed by atoms with Crippen molar-refractivity contribution in [2.75, 3.05) is 6.61 Å². The lowest BCUT2D eigenvalue weighted by Crippen LogP contribution is -2.37. The van der Waals surface area contributed by atoms with Crippen LogP contribution in [-0.2, 0) is 19.0 Å². The summed E-state index contributed by atoms with van der Waals surface area (Å²) in [6.45, 7) is 4.74. The van der Waals surface area contributed by atoms with Crippen molar-refractivity contribution in [1.82, 2.24) is 0 Å². The number of benzene rings is 2. The molecule has 0 bridgehead atoms. The Morgan fingerprint density at radius 3 is 1.90 bits per heavy atom. The molecule has 164 valence electrons. The van der Waals surface area contributed by atoms with Gasteiger partial charge in [0.1, 0.15) is 6.61 Å². The minimum Gasteiger partial charge on any atom is -0.461 e. The predicted octanol–water partition coefficient (Wildman–Crippen LogP) is 4.03. The van der Waals surface area contributed by atoms with Crippen LogP contribution in [-0.4, -0.2) is 47.5 Å². The van der Waals surface area contributed by atoms with Gasteiger partial charge in [-0.1, -0.05) is 35.4 Å². The molecule has 1 heterocycles. The van der Waals surface area contributed by atoms with E-state index < -0.39 is 40.9 Å². The molecular formula is C23H23FO6S. The zero-order chi connectivity index (χ0) is 22.5. The fraction of sp³-hybridized carbons (Fsp3) is 0.348. The number of aryl methyl sites for hydroxylation is 2. The van der Waals surface area contributed by atoms with Crippen LogP contribution in [0.4, 0.5) is 4.39 Å². The maximum absolute atomic E-state index is 15.0. The van der Waals surface area contributed by atoms with Crippen molar-refractivity contribution < 1.29 is 33.0 Å². The molecule has 1 unspecified atom stereocenters. The van der Waals surface area contributed by atoms with Gasteiger partial charge < -0.3 is 14.2 Å². The first-order valence-corrected chi connectivity index (χ1v) is 10.7. The molecule has 1 saturated heterocycles. The largest absolute Gasteiger partial charge is 0.461 e. The molecule has 1 fully saturated rings. The van der Waals surface area contributed by atoms with Gasteiger partial charge in [0.15, 0.2) is 17.7 Å². The van der Waals surface area contributed by atoms with Crippen LogP contribution in [0.5, 0.6) is 0 Å². The van der Waals surface area contributed by atoms with E-state index in [-0.39, 0.29) is 12.2 Å². The third kappa shape index (κ3) is 5.85. The minimum absolute atomic E-state index is 0.207. The molecule has 31 heavy (non-hydrogen) atoms. The molecule has 0 aromatic heterocycles. The van der Waals surface area contributed by atoms with Gasteiger partial charge >= 0.3 is 17.9 Å². The van der Waals surface area contributed by atoms with Crippen LogP contribution < -0.4 is 0 Å². The first-order chi connectivity index (χ1) is 14.7. The molecule has 1 aliphatic rings. The highest BCUT2D eigenvalue weighted by molar-refractivity contribution is 8.00. The number of ether oxygens (including phenoxy) is 3. The molecule has 2 aromatic carbocycles. The summed E-state index contributed by atoms with van der Waals surface area (Å²) in [7, 11) is 0. The van der Waals surface area contributed by atoms with E-state index in [1.807, 2.05) is 13.8 Å². The number of hydrogen-bond acceptors (Lipinski definition) is 7. The van der Waals surface area contributed by atoms with Crippen molar-refractivity contribution in [3.05, 3.63) is 70.8 Å². The van der Waals surface area contributed by atoms with Crippen LogP contribution in [0.25, 0.3) is 0 Å². The average molecular weight is 446 g/mol. The van der Waals surface area contributed by atoms with E-state index in [1.54, 1.807) is 48.5 Å². The van der Waals surface area contributed by atoms with Gasteiger partial charge in [0, 0.05) is 6.92 Å². The summed E-state index contributed by atoms with van der Waals surface area (Å²) < 4.78 is 30.7. The average Bonchev–Trinajstić information content (AvgIpc) is 3.01. The third-order valence-corrected chi connectivity index (χ3v) is 6.11. The molecule has 1 aliphatic heterocycles. The molecule has 3 rings (SSSR count). The number of halogens is 1. The Morgan fingerprint density at radius 1 is 0.871 bits per heavy atom. The maximum Gasteiger partial charge on any atom is 0.338 e. The lowest BCUT2D eigenvalue weighted by atomic mass is 10.1. The van der Waals surface area contributed by atoms with Crippen LogP contribution in [0.2, 0.25) is 0 Å². The summed E-state index contributed by atoms with van der Waals surface area (Å²) in [5, 5.41) is -0.733. The van der Waals surface area contributed by atoms with Crippen LogP contribution in [0, 0.1) is 13.8 Å². The molecule has 2 aromatic rings. The van der Waals surface area contributed by atoms with E-state index in [9.17, 15) is 18.8 Å². The molecule has 8 heteroatoms. The van der Waals surface area contributed by atoms with E-state index in [2.05, 4.69) is 0 Å². The van der Waals surface area contributed by atoms with Gasteiger partial charge in [0.25, 0.3) is 0 Å². The van der Waals surface area contributed by atoms with E-state index in [4.69, 9.17) is 14.2 Å². The monoisotopic (exact) mass is 446 g/mol. The molecule has 0 amide bonds. The zero-order valence-corrected chi connectivity index (χ0v) is 18.2. The van der Waals surface area contributed by atoms with Gasteiger partial charge in [-0.3, -0.25) is 4.79 Å². The van der Waals surface area contributed by atoms with E-state index in [0.29, 0.717) is 5.56 Å². The van der Waals surface area contributed by atoms with Crippen molar-refractivity contribution in [3.63, 3.8) is 0 Å². The van der Waals surface area contributed by atoms with Gasteiger partial charge in [-0.2, -0.15) is 0 Å². The Kier molecular flexibility index (Phi) is 7.33. The minimum atomic E-state index is -1.76. The third-order valence-electron chi connectivity index (χ3n) is 4.73. The molecule has 0 spiro atoms. The Morgan fingerprint density at radius 2 is 1.39 bits per heavy atom. The van der Waals surface area contributed by atoms with Gasteiger partial charge in [-0.15, -0.1) is 11.8 Å². The van der Waals surface area contributed by atoms with Gasteiger partial charge in [-0.05, 0) is 38.1 Å². The maximum atomic E-state index is 15.0. The normalized spacial score (nSPS) is 22.6. The second-order valence-corrected chi connectivity index (χ2v) is 8.64. The second kappa shape index (κ2) is 9.96. The first kappa shape index (κ1) is 22.8. The Hall–Kier alpha value is -2.87. The van der Waals surface area contributed by atoms with Gasteiger partial charge in [-0.25, -0.2) is 14.0 Å². The van der Waals surface area contributed by atoms with Crippen LogP contribution >= 0.6 is 11.8 Å². The Bertz CT molecular complexity index is 944. The van der Waals surface area contributed by atoms with E-state index >= 15 is 0 Å². The van der Waals surface area contributed by atoms with Crippen molar-refractivity contribution in [2.24, 2.45) is 0 Å². The quantitative estimate of drug-likeness (QED) is 0.490. The van der Waals surface area contributed by atoms with E-state index in [0.717, 1.165) is 22.9 Å². The summed E-state index contributed by atoms with van der Waals surface area (Å²) in [5.74, 6) is -1.93. The van der Waals surface area contributed by atoms with Crippen LogP contribution in [0.3, 0.4) is 0 Å². The SMILES string of the molecule is CC(=O)OC1S[C@H](COC(=O)c2ccc(C)cc2)[C@@H](OC(=O)c2ccc(C)cc2)[C@H]1F. The number of thioether (sulfide) groups is 1. The van der Waals surface area contributed by atoms with Crippen molar-refractivity contribution in [2.45, 2.75) is 43.7 Å². The topological polar surface area (TPSA) is 78.9 Å². The van der Waals surface area contributed by atoms with Crippen molar-refractivity contribution in [1.29, 1.82) is 0 Å². The highest BCUT2D eigenvalue weighted by Gasteiger charge is 2.49. The molecule has 0 N–H and O–H groups in total. The van der Waals surface area contributed by atoms with Crippen LogP contribution in [0.1, 0.15) is 38.8 Å². The summed E-state index contributed by atoms with van der Waals surface area (Å²) in [5.41, 5.74) is 1.43. The standard InChI is InChI=1S/C23H23FO6S/c1-13-4-8-16(9-5-13)21(26)28-12-18-20(19(24)23(31-18)29-15(3)25)30-22(27)17-10-6-14(2)7-11-17/h4-11,18-20,23H,12H2,1-3H3/t18-,19-,20-,23?/m1/s1. The first-order valence-electron chi connectivity index (χ1n) is 9.73. The predicted molar refractivity (Wildman–Crippen MR) is 114 cm³/mol. The van der Waals surface area contributed by atoms with Crippen molar-refractivity contribution >= 4 is 29.7 Å². The molecular weight excluding hydrogens is 423 g/mol. The lowest BCUT2D eigenvalue weighted by Gasteiger charge is -2.20. The summed E-state index contributed by atoms with van der Waals surface area (Å²) in [6.07, 6.45) is -3.00. The summed E-state index contributed by atoms with van der Waals surface area (Å²) in [4.78, 5) is 36.1. The second-order valence-electron chi connectivity index (χ2n) is 7.30. The number of carbonyl (C=O) groups excluding carboxylic acids is 3. The van der Waals surface area contributed by atoms with Gasteiger partial charge in [0.2, 0.25) is 0 Å². The molecule has 6 nitrogen and oxygen atoms in total. The molecule has 0 aliphatic carbocycles. The number of carbonyl (C=O) groups is 3. The van der Waals surface area contributed by atoms with Crippen molar-refractivity contribution in [3.8, 4) is 0 Å². The lowest BCUT2D eigenvalue weighted by molar-refractivity contribution is -0.145. The molecule has 0 saturated carbocycles. The number of alkyl halides is 1. The smallest absolute Gasteiger partial charge is 0.338 e. The number of rotatable bonds is 6. The molecule has 0 radical (unpaired) electrons. The highest BCUT2D eigenvalue weighted by Crippen LogP contribution is 2.39. The summed E-state index contributed by atoms with van der Waals surface area (Å²) >= 11 is 0.962.